The van der Waals surface area contributed by atoms with E-state index in [4.69, 9.17) is 4.74 Å². The number of piperazine rings is 1. The molecule has 5 heterocycles. The Morgan fingerprint density at radius 2 is 1.60 bits per heavy atom. The van der Waals surface area contributed by atoms with Gasteiger partial charge in [0.2, 0.25) is 17.7 Å². The number of anilines is 2. The Kier molecular flexibility index (Phi) is 10.4. The van der Waals surface area contributed by atoms with Crippen LogP contribution in [0.5, 0.6) is 11.5 Å². The summed E-state index contributed by atoms with van der Waals surface area (Å²) in [4.78, 5) is 60.1. The van der Waals surface area contributed by atoms with E-state index in [1.54, 1.807) is 4.90 Å². The van der Waals surface area contributed by atoms with Gasteiger partial charge in [-0.2, -0.15) is 0 Å². The Morgan fingerprint density at radius 3 is 2.40 bits per heavy atom. The molecule has 11 rings (SSSR count). The number of nitrogens with zero attached hydrogens (tertiary/aromatic N) is 4. The molecule has 4 aromatic carbocycles. The van der Waals surface area contributed by atoms with Crippen LogP contribution in [0.15, 0.2) is 84.9 Å². The third kappa shape index (κ3) is 7.59. The number of amides is 4. The van der Waals surface area contributed by atoms with E-state index < -0.39 is 11.9 Å². The molecule has 326 valence electrons. The molecule has 7 aliphatic rings. The molecule has 2 aliphatic carbocycles. The fourth-order valence-electron chi connectivity index (χ4n) is 11.9. The summed E-state index contributed by atoms with van der Waals surface area (Å²) in [6, 6.07) is 29.5. The number of ether oxygens (including phenoxy) is 1. The van der Waals surface area contributed by atoms with Gasteiger partial charge >= 0.3 is 0 Å². The highest BCUT2D eigenvalue weighted by Gasteiger charge is 2.43. The predicted octanol–water partition coefficient (Wildman–Crippen LogP) is 6.03. The third-order valence-corrected chi connectivity index (χ3v) is 15.3. The van der Waals surface area contributed by atoms with Crippen molar-refractivity contribution in [3.8, 4) is 11.5 Å². The maximum absolute atomic E-state index is 13.9. The van der Waals surface area contributed by atoms with Gasteiger partial charge in [-0.1, -0.05) is 48.5 Å². The number of carbonyl (C=O) groups excluding carboxylic acids is 4. The fraction of sp³-hybridized carbons (Fsp3) is 0.451. The van der Waals surface area contributed by atoms with Crippen LogP contribution in [0.1, 0.15) is 95.0 Å². The highest BCUT2D eigenvalue weighted by Crippen LogP contribution is 2.47. The summed E-state index contributed by atoms with van der Waals surface area (Å²) in [7, 11) is 0. The van der Waals surface area contributed by atoms with Gasteiger partial charge < -0.3 is 29.9 Å². The highest BCUT2D eigenvalue weighted by molar-refractivity contribution is 6.06. The third-order valence-electron chi connectivity index (χ3n) is 15.3. The maximum Gasteiger partial charge on any atom is 0.255 e. The largest absolute Gasteiger partial charge is 0.508 e. The van der Waals surface area contributed by atoms with E-state index in [0.29, 0.717) is 74.1 Å². The average molecular weight is 849 g/mol. The Morgan fingerprint density at radius 1 is 0.794 bits per heavy atom. The zero-order chi connectivity index (χ0) is 42.8. The van der Waals surface area contributed by atoms with Crippen LogP contribution in [-0.4, -0.2) is 107 Å². The quantitative estimate of drug-likeness (QED) is 0.182. The van der Waals surface area contributed by atoms with E-state index in [9.17, 15) is 24.3 Å². The minimum atomic E-state index is -0.654. The number of hydrogen-bond donors (Lipinski definition) is 3. The summed E-state index contributed by atoms with van der Waals surface area (Å²) in [6.45, 7) is 5.91. The first-order valence-electron chi connectivity index (χ1n) is 23.2. The Balaban J connectivity index is 0.643. The Hall–Kier alpha value is -5.88. The zero-order valence-corrected chi connectivity index (χ0v) is 35.7. The Bertz CT molecular complexity index is 2430. The number of rotatable bonds is 8. The van der Waals surface area contributed by atoms with Crippen molar-refractivity contribution in [1.29, 1.82) is 0 Å². The van der Waals surface area contributed by atoms with Crippen molar-refractivity contribution in [2.75, 3.05) is 56.1 Å². The second-order valence-electron chi connectivity index (χ2n) is 19.1. The van der Waals surface area contributed by atoms with Crippen LogP contribution < -0.4 is 20.3 Å². The first-order valence-corrected chi connectivity index (χ1v) is 23.2. The van der Waals surface area contributed by atoms with Gasteiger partial charge in [0.25, 0.3) is 5.91 Å². The van der Waals surface area contributed by atoms with Crippen molar-refractivity contribution in [2.24, 2.45) is 11.8 Å². The lowest BCUT2D eigenvalue weighted by Crippen LogP contribution is -2.59. The summed E-state index contributed by atoms with van der Waals surface area (Å²) in [5, 5.41) is 16.4. The molecular formula is C51H56N6O6. The number of aryl methyl sites for hydroxylation is 1. The van der Waals surface area contributed by atoms with Crippen molar-refractivity contribution < 1.29 is 29.0 Å². The highest BCUT2D eigenvalue weighted by atomic mass is 16.5. The molecule has 0 spiro atoms. The Labute approximate surface area is 368 Å². The van der Waals surface area contributed by atoms with E-state index in [1.165, 1.54) is 22.3 Å². The van der Waals surface area contributed by atoms with Gasteiger partial charge in [0.1, 0.15) is 24.1 Å². The lowest BCUT2D eigenvalue weighted by atomic mass is 9.69. The van der Waals surface area contributed by atoms with Crippen LogP contribution in [0.4, 0.5) is 11.4 Å². The van der Waals surface area contributed by atoms with E-state index in [1.807, 2.05) is 24.3 Å². The lowest BCUT2D eigenvalue weighted by Gasteiger charge is -2.47. The van der Waals surface area contributed by atoms with E-state index in [2.05, 4.69) is 86.0 Å². The fourth-order valence-corrected chi connectivity index (χ4v) is 11.9. The first-order chi connectivity index (χ1) is 30.7. The molecule has 4 atom stereocenters. The molecule has 0 aromatic heterocycles. The van der Waals surface area contributed by atoms with Crippen LogP contribution in [0.3, 0.4) is 0 Å². The van der Waals surface area contributed by atoms with Crippen molar-refractivity contribution in [1.82, 2.24) is 20.0 Å². The minimum Gasteiger partial charge on any atom is -0.508 e. The number of carbonyl (C=O) groups is 4. The number of aromatic hydroxyl groups is 1. The van der Waals surface area contributed by atoms with E-state index in [0.717, 1.165) is 75.1 Å². The van der Waals surface area contributed by atoms with Crippen molar-refractivity contribution >= 4 is 35.0 Å². The predicted molar refractivity (Wildman–Crippen MR) is 239 cm³/mol. The molecule has 1 unspecified atom stereocenters. The number of fused-ring (bicyclic) bond motifs is 5. The van der Waals surface area contributed by atoms with Crippen molar-refractivity contribution in [3.05, 3.63) is 118 Å². The second-order valence-corrected chi connectivity index (χ2v) is 19.1. The monoisotopic (exact) mass is 848 g/mol. The molecule has 4 fully saturated rings. The van der Waals surface area contributed by atoms with E-state index >= 15 is 0 Å². The van der Waals surface area contributed by atoms with E-state index in [-0.39, 0.29) is 42.0 Å². The number of likely N-dealkylation sites (tertiary alicyclic amines) is 1. The molecule has 5 aliphatic heterocycles. The van der Waals surface area contributed by atoms with Gasteiger partial charge in [-0.05, 0) is 121 Å². The SMILES string of the molecule is O=C1CCC(N2Cc3cc4c(cc3C2=O)OC[C@@H]2CN(C(=O)C3CCC(CN5CC(Nc6ccc([C@@H]7c8ccc(O)cc8CC[C@@H]7c7ccccc7)cc6)C5)CC3)CCN42)C(=O)N1. The van der Waals surface area contributed by atoms with Gasteiger partial charge in [0.05, 0.1) is 17.8 Å². The number of hydrogen-bond acceptors (Lipinski definition) is 9. The number of benzene rings is 4. The molecular weight excluding hydrogens is 793 g/mol. The summed E-state index contributed by atoms with van der Waals surface area (Å²) in [6.07, 6.45) is 6.62. The van der Waals surface area contributed by atoms with Crippen LogP contribution in [0, 0.1) is 11.8 Å². The molecule has 1 saturated carbocycles. The molecule has 3 N–H and O–H groups in total. The minimum absolute atomic E-state index is 0.0384. The molecule has 3 saturated heterocycles. The summed E-state index contributed by atoms with van der Waals surface area (Å²) < 4.78 is 6.23. The van der Waals surface area contributed by atoms with Gasteiger partial charge in [0.15, 0.2) is 0 Å². The lowest BCUT2D eigenvalue weighted by molar-refractivity contribution is -0.138. The molecule has 0 radical (unpaired) electrons. The molecule has 4 aromatic rings. The van der Waals surface area contributed by atoms with Gasteiger partial charge in [-0.15, -0.1) is 0 Å². The number of phenolic OH excluding ortho intramolecular Hbond substituents is 1. The average Bonchev–Trinajstić information content (AvgIpc) is 3.61. The van der Waals surface area contributed by atoms with Crippen LogP contribution in [-0.2, 0) is 27.3 Å². The van der Waals surface area contributed by atoms with Gasteiger partial charge in [-0.25, -0.2) is 0 Å². The van der Waals surface area contributed by atoms with Gasteiger partial charge in [-0.3, -0.25) is 29.4 Å². The topological polar surface area (TPSA) is 135 Å². The van der Waals surface area contributed by atoms with Crippen LogP contribution in [0.25, 0.3) is 0 Å². The van der Waals surface area contributed by atoms with Crippen molar-refractivity contribution in [3.63, 3.8) is 0 Å². The molecule has 0 bridgehead atoms. The summed E-state index contributed by atoms with van der Waals surface area (Å²) in [5.41, 5.74) is 8.76. The number of nitrogens with one attached hydrogen (secondary N) is 2. The molecule has 12 nitrogen and oxygen atoms in total. The standard InChI is InChI=1S/C51H56N6O6/c58-40-15-17-42-35(22-40)12-16-41(32-4-2-1-3-5-32)48(42)33-10-13-37(14-11-33)52-38-27-54(28-38)25-31-6-8-34(9-7-31)50(61)55-20-21-56-39(29-55)30-63-46-24-43-36(23-45(46)56)26-57(51(43)62)44-18-19-47(59)53-49(44)60/h1-5,10-11,13-15,17,22-24,31,34,38-39,41,44,48,52,58H,6-9,12,16,18-21,25-30H2,(H,53,59,60)/t31?,34?,39-,41+,44?,48-/m0/s1. The second kappa shape index (κ2) is 16.3. The molecule has 63 heavy (non-hydrogen) atoms. The van der Waals surface area contributed by atoms with Gasteiger partial charge in [0, 0.05) is 75.3 Å². The molecule has 12 heteroatoms. The summed E-state index contributed by atoms with van der Waals surface area (Å²) in [5.74, 6) is 1.69. The smallest absolute Gasteiger partial charge is 0.255 e. The number of piperidine rings is 1. The van der Waals surface area contributed by atoms with Crippen LogP contribution in [0.2, 0.25) is 0 Å². The zero-order valence-electron chi connectivity index (χ0n) is 35.7. The van der Waals surface area contributed by atoms with Crippen LogP contribution >= 0.6 is 0 Å². The maximum atomic E-state index is 13.9. The van der Waals surface area contributed by atoms with Crippen molar-refractivity contribution in [2.45, 2.75) is 87.9 Å². The first kappa shape index (κ1) is 39.9. The normalized spacial score (nSPS) is 27.0. The number of phenols is 1. The molecule has 4 amide bonds. The number of imide groups is 1. The summed E-state index contributed by atoms with van der Waals surface area (Å²) >= 11 is 0.